The van der Waals surface area contributed by atoms with Crippen LogP contribution in [-0.4, -0.2) is 5.11 Å². The Bertz CT molecular complexity index is 813. The van der Waals surface area contributed by atoms with Gasteiger partial charge in [-0.2, -0.15) is 0 Å². The van der Waals surface area contributed by atoms with Crippen LogP contribution in [0.5, 0.6) is 0 Å². The molecule has 1 atom stereocenters. The van der Waals surface area contributed by atoms with E-state index in [1.54, 1.807) is 12.1 Å². The van der Waals surface area contributed by atoms with E-state index >= 15 is 0 Å². The molecule has 106 valence electrons. The number of aryl methyl sites for hydroxylation is 1. The highest BCUT2D eigenvalue weighted by Crippen LogP contribution is 2.35. The highest BCUT2D eigenvalue weighted by molar-refractivity contribution is 9.10. The third-order valence-electron chi connectivity index (χ3n) is 3.71. The number of fused-ring (bicyclic) bond motifs is 1. The first-order valence-corrected chi connectivity index (χ1v) is 7.86. The van der Waals surface area contributed by atoms with Crippen LogP contribution in [0.1, 0.15) is 22.8 Å². The Labute approximate surface area is 137 Å². The first kappa shape index (κ1) is 14.6. The molecule has 0 heterocycles. The maximum atomic E-state index is 10.9. The van der Waals surface area contributed by atoms with Crippen molar-refractivity contribution in [2.24, 2.45) is 0 Å². The van der Waals surface area contributed by atoms with Gasteiger partial charge in [0.1, 0.15) is 6.10 Å². The van der Waals surface area contributed by atoms with Gasteiger partial charge in [0.25, 0.3) is 0 Å². The molecule has 0 bridgehead atoms. The molecule has 0 fully saturated rings. The monoisotopic (exact) mass is 360 g/mol. The first-order chi connectivity index (χ1) is 10.1. The van der Waals surface area contributed by atoms with Gasteiger partial charge in [-0.25, -0.2) is 0 Å². The lowest BCUT2D eigenvalue weighted by Gasteiger charge is -2.18. The third-order valence-corrected chi connectivity index (χ3v) is 4.67. The quantitative estimate of drug-likeness (QED) is 0.625. The van der Waals surface area contributed by atoms with Crippen LogP contribution in [0.3, 0.4) is 0 Å². The molecule has 21 heavy (non-hydrogen) atoms. The van der Waals surface area contributed by atoms with Crippen LogP contribution in [0.25, 0.3) is 10.8 Å². The summed E-state index contributed by atoms with van der Waals surface area (Å²) in [5, 5.41) is 13.7. The van der Waals surface area contributed by atoms with Crippen LogP contribution in [0.15, 0.2) is 59.1 Å². The maximum absolute atomic E-state index is 10.9. The predicted molar refractivity (Wildman–Crippen MR) is 91.9 cm³/mol. The summed E-state index contributed by atoms with van der Waals surface area (Å²) in [6, 6.07) is 17.7. The minimum Gasteiger partial charge on any atom is -0.384 e. The Balaban J connectivity index is 2.24. The van der Waals surface area contributed by atoms with E-state index in [9.17, 15) is 5.11 Å². The molecule has 3 heteroatoms. The molecular formula is C18H14BrClO. The summed E-state index contributed by atoms with van der Waals surface area (Å²) in [7, 11) is 0. The summed E-state index contributed by atoms with van der Waals surface area (Å²) in [5.41, 5.74) is 2.77. The molecule has 3 rings (SSSR count). The molecule has 0 radical (unpaired) electrons. The molecule has 1 N–H and O–H groups in total. The van der Waals surface area contributed by atoms with Crippen molar-refractivity contribution in [2.75, 3.05) is 0 Å². The number of hydrogen-bond donors (Lipinski definition) is 1. The maximum Gasteiger partial charge on any atom is 0.106 e. The van der Waals surface area contributed by atoms with Crippen LogP contribution in [0, 0.1) is 6.92 Å². The minimum absolute atomic E-state index is 0.616. The zero-order chi connectivity index (χ0) is 15.0. The van der Waals surface area contributed by atoms with Crippen molar-refractivity contribution in [3.05, 3.63) is 80.8 Å². The van der Waals surface area contributed by atoms with Gasteiger partial charge in [-0.15, -0.1) is 0 Å². The number of halogens is 2. The van der Waals surface area contributed by atoms with Crippen LogP contribution in [0.4, 0.5) is 0 Å². The standard InChI is InChI=1S/C18H14BrClO/c1-11-6-7-12-4-2-3-5-14(12)17(11)18(21)15-10-13(20)8-9-16(15)19/h2-10,18,21H,1H3. The largest absolute Gasteiger partial charge is 0.384 e. The minimum atomic E-state index is -0.718. The number of aliphatic hydroxyl groups excluding tert-OH is 1. The predicted octanol–water partition coefficient (Wildman–Crippen LogP) is 5.65. The summed E-state index contributed by atoms with van der Waals surface area (Å²) >= 11 is 9.57. The second-order valence-electron chi connectivity index (χ2n) is 5.09. The Hall–Kier alpha value is -1.35. The highest BCUT2D eigenvalue weighted by Gasteiger charge is 2.18. The molecule has 0 saturated heterocycles. The van der Waals surface area contributed by atoms with Gasteiger partial charge in [-0.3, -0.25) is 0 Å². The van der Waals surface area contributed by atoms with Gasteiger partial charge in [0.2, 0.25) is 0 Å². The zero-order valence-corrected chi connectivity index (χ0v) is 13.8. The third kappa shape index (κ3) is 2.71. The van der Waals surface area contributed by atoms with E-state index in [1.807, 2.05) is 37.3 Å². The molecule has 1 unspecified atom stereocenters. The Kier molecular flexibility index (Phi) is 4.03. The lowest BCUT2D eigenvalue weighted by molar-refractivity contribution is 0.220. The van der Waals surface area contributed by atoms with E-state index in [2.05, 4.69) is 28.1 Å². The molecule has 0 spiro atoms. The second kappa shape index (κ2) is 5.80. The molecule has 0 amide bonds. The van der Waals surface area contributed by atoms with Crippen molar-refractivity contribution >= 4 is 38.3 Å². The van der Waals surface area contributed by atoms with Gasteiger partial charge in [0.15, 0.2) is 0 Å². The van der Waals surface area contributed by atoms with Crippen LogP contribution in [0.2, 0.25) is 5.02 Å². The molecule has 0 aliphatic heterocycles. The fourth-order valence-electron chi connectivity index (χ4n) is 2.65. The Morgan fingerprint density at radius 3 is 2.62 bits per heavy atom. The molecule has 3 aromatic carbocycles. The van der Waals surface area contributed by atoms with Crippen LogP contribution in [-0.2, 0) is 0 Å². The summed E-state index contributed by atoms with van der Waals surface area (Å²) in [4.78, 5) is 0. The van der Waals surface area contributed by atoms with Crippen molar-refractivity contribution in [3.8, 4) is 0 Å². The zero-order valence-electron chi connectivity index (χ0n) is 11.5. The molecule has 0 aliphatic rings. The van der Waals surface area contributed by atoms with E-state index in [4.69, 9.17) is 11.6 Å². The molecule has 3 aromatic rings. The van der Waals surface area contributed by atoms with Gasteiger partial charge >= 0.3 is 0 Å². The molecule has 0 aliphatic carbocycles. The van der Waals surface area contributed by atoms with E-state index < -0.39 is 6.10 Å². The van der Waals surface area contributed by atoms with Crippen molar-refractivity contribution in [3.63, 3.8) is 0 Å². The lowest BCUT2D eigenvalue weighted by Crippen LogP contribution is -2.04. The van der Waals surface area contributed by atoms with Crippen molar-refractivity contribution in [1.82, 2.24) is 0 Å². The van der Waals surface area contributed by atoms with E-state index in [0.717, 1.165) is 31.9 Å². The molecule has 0 saturated carbocycles. The fraction of sp³-hybridized carbons (Fsp3) is 0.111. The van der Waals surface area contributed by atoms with Crippen LogP contribution >= 0.6 is 27.5 Å². The van der Waals surface area contributed by atoms with Gasteiger partial charge in [0, 0.05) is 15.1 Å². The number of hydrogen-bond acceptors (Lipinski definition) is 1. The highest BCUT2D eigenvalue weighted by atomic mass is 79.9. The number of aliphatic hydroxyl groups is 1. The van der Waals surface area contributed by atoms with Gasteiger partial charge in [-0.05, 0) is 47.0 Å². The summed E-state index contributed by atoms with van der Waals surface area (Å²) in [6.07, 6.45) is -0.718. The summed E-state index contributed by atoms with van der Waals surface area (Å²) in [6.45, 7) is 2.02. The van der Waals surface area contributed by atoms with E-state index in [-0.39, 0.29) is 0 Å². The fourth-order valence-corrected chi connectivity index (χ4v) is 3.29. The SMILES string of the molecule is Cc1ccc2ccccc2c1C(O)c1cc(Cl)ccc1Br. The lowest BCUT2D eigenvalue weighted by atomic mass is 9.92. The summed E-state index contributed by atoms with van der Waals surface area (Å²) < 4.78 is 0.853. The van der Waals surface area contributed by atoms with E-state index in [0.29, 0.717) is 5.02 Å². The van der Waals surface area contributed by atoms with Crippen molar-refractivity contribution < 1.29 is 5.11 Å². The Morgan fingerprint density at radius 1 is 1.05 bits per heavy atom. The smallest absolute Gasteiger partial charge is 0.106 e. The van der Waals surface area contributed by atoms with Gasteiger partial charge in [-0.1, -0.05) is 63.9 Å². The first-order valence-electron chi connectivity index (χ1n) is 6.69. The van der Waals surface area contributed by atoms with Crippen molar-refractivity contribution in [2.45, 2.75) is 13.0 Å². The van der Waals surface area contributed by atoms with Gasteiger partial charge < -0.3 is 5.11 Å². The Morgan fingerprint density at radius 2 is 1.81 bits per heavy atom. The van der Waals surface area contributed by atoms with Crippen molar-refractivity contribution in [1.29, 1.82) is 0 Å². The average Bonchev–Trinajstić information content (AvgIpc) is 2.49. The van der Waals surface area contributed by atoms with E-state index in [1.165, 1.54) is 0 Å². The molecular weight excluding hydrogens is 348 g/mol. The second-order valence-corrected chi connectivity index (χ2v) is 6.38. The van der Waals surface area contributed by atoms with Gasteiger partial charge in [0.05, 0.1) is 0 Å². The summed E-state index contributed by atoms with van der Waals surface area (Å²) in [5.74, 6) is 0. The number of rotatable bonds is 2. The number of benzene rings is 3. The van der Waals surface area contributed by atoms with Crippen LogP contribution < -0.4 is 0 Å². The average molecular weight is 362 g/mol. The topological polar surface area (TPSA) is 20.2 Å². The molecule has 1 nitrogen and oxygen atoms in total. The molecule has 0 aromatic heterocycles. The normalized spacial score (nSPS) is 12.6.